The molecule has 0 fully saturated rings. The number of hydrogen-bond donors (Lipinski definition) is 0. The van der Waals surface area contributed by atoms with E-state index in [4.69, 9.17) is 0 Å². The van der Waals surface area contributed by atoms with Gasteiger partial charge in [-0.25, -0.2) is 4.39 Å². The molecule has 0 N–H and O–H groups in total. The van der Waals surface area contributed by atoms with Gasteiger partial charge in [0, 0.05) is 6.42 Å². The van der Waals surface area contributed by atoms with Crippen molar-refractivity contribution in [1.29, 1.82) is 0 Å². The molecule has 0 aliphatic carbocycles. The molecule has 2 rings (SSSR count). The summed E-state index contributed by atoms with van der Waals surface area (Å²) in [5.41, 5.74) is 0.336. The molecule has 0 saturated heterocycles. The van der Waals surface area contributed by atoms with Crippen LogP contribution in [0.2, 0.25) is 0 Å². The molecule has 0 atom stereocenters. The highest BCUT2D eigenvalue weighted by Crippen LogP contribution is 2.27. The van der Waals surface area contributed by atoms with Gasteiger partial charge in [0.05, 0.1) is 5.56 Å². The second-order valence-electron chi connectivity index (χ2n) is 4.27. The van der Waals surface area contributed by atoms with Crippen LogP contribution in [0.5, 0.6) is 5.75 Å². The van der Waals surface area contributed by atoms with Gasteiger partial charge < -0.3 is 4.74 Å². The summed E-state index contributed by atoms with van der Waals surface area (Å²) < 4.78 is 53.4. The highest BCUT2D eigenvalue weighted by Gasteiger charge is 2.32. The molecular weight excluding hydrogens is 288 g/mol. The fourth-order valence-electron chi connectivity index (χ4n) is 1.79. The zero-order valence-electron chi connectivity index (χ0n) is 10.7. The van der Waals surface area contributed by atoms with Crippen molar-refractivity contribution < 1.29 is 27.1 Å². The third-order valence-electron chi connectivity index (χ3n) is 2.69. The van der Waals surface area contributed by atoms with Crippen molar-refractivity contribution in [2.75, 3.05) is 0 Å². The Labute approximate surface area is 118 Å². The third kappa shape index (κ3) is 4.30. The van der Waals surface area contributed by atoms with E-state index in [0.717, 1.165) is 6.07 Å². The van der Waals surface area contributed by atoms with Crippen LogP contribution < -0.4 is 4.74 Å². The van der Waals surface area contributed by atoms with Crippen LogP contribution in [0.15, 0.2) is 48.5 Å². The van der Waals surface area contributed by atoms with Gasteiger partial charge in [-0.15, -0.1) is 13.2 Å². The van der Waals surface area contributed by atoms with E-state index >= 15 is 0 Å². The van der Waals surface area contributed by atoms with Gasteiger partial charge in [-0.1, -0.05) is 24.3 Å². The zero-order chi connectivity index (χ0) is 15.5. The van der Waals surface area contributed by atoms with Crippen LogP contribution in [0.3, 0.4) is 0 Å². The maximum atomic E-state index is 12.8. The van der Waals surface area contributed by atoms with E-state index in [1.54, 1.807) is 0 Å². The number of alkyl halides is 3. The Morgan fingerprint density at radius 1 is 1.00 bits per heavy atom. The van der Waals surface area contributed by atoms with Crippen molar-refractivity contribution in [2.24, 2.45) is 0 Å². The molecule has 2 aromatic carbocycles. The number of ether oxygens (including phenoxy) is 1. The summed E-state index contributed by atoms with van der Waals surface area (Å²) in [7, 11) is 0. The minimum atomic E-state index is -4.87. The summed E-state index contributed by atoms with van der Waals surface area (Å²) in [6, 6.07) is 10.3. The average Bonchev–Trinajstić information content (AvgIpc) is 2.40. The van der Waals surface area contributed by atoms with E-state index in [9.17, 15) is 22.4 Å². The van der Waals surface area contributed by atoms with Crippen LogP contribution in [0, 0.1) is 5.82 Å². The number of ketones is 1. The lowest BCUT2D eigenvalue weighted by Crippen LogP contribution is -2.19. The van der Waals surface area contributed by atoms with Crippen LogP contribution in [0.4, 0.5) is 17.6 Å². The monoisotopic (exact) mass is 298 g/mol. The number of carbonyl (C=O) groups is 1. The molecule has 0 aliphatic rings. The lowest BCUT2D eigenvalue weighted by molar-refractivity contribution is -0.274. The molecule has 0 radical (unpaired) electrons. The Morgan fingerprint density at radius 2 is 1.62 bits per heavy atom. The predicted molar refractivity (Wildman–Crippen MR) is 67.6 cm³/mol. The fourth-order valence-corrected chi connectivity index (χ4v) is 1.79. The van der Waals surface area contributed by atoms with Crippen molar-refractivity contribution in [3.63, 3.8) is 0 Å². The molecule has 0 aliphatic heterocycles. The Morgan fingerprint density at radius 3 is 2.24 bits per heavy atom. The van der Waals surface area contributed by atoms with E-state index in [2.05, 4.69) is 4.74 Å². The highest BCUT2D eigenvalue weighted by molar-refractivity contribution is 5.99. The average molecular weight is 298 g/mol. The minimum absolute atomic E-state index is 0.140. The molecule has 0 spiro atoms. The Kier molecular flexibility index (Phi) is 4.26. The van der Waals surface area contributed by atoms with Crippen molar-refractivity contribution in [3.8, 4) is 5.75 Å². The number of Topliss-reactive ketones (excluding diaryl/α,β-unsaturated/α-hetero) is 1. The lowest BCUT2D eigenvalue weighted by atomic mass is 10.0. The maximum Gasteiger partial charge on any atom is 0.573 e. The van der Waals surface area contributed by atoms with Gasteiger partial charge in [-0.3, -0.25) is 4.79 Å². The van der Waals surface area contributed by atoms with Gasteiger partial charge in [0.25, 0.3) is 0 Å². The topological polar surface area (TPSA) is 26.3 Å². The van der Waals surface area contributed by atoms with Gasteiger partial charge in [0.1, 0.15) is 11.6 Å². The Hall–Kier alpha value is -2.37. The summed E-state index contributed by atoms with van der Waals surface area (Å²) >= 11 is 0. The maximum absolute atomic E-state index is 12.8. The molecule has 0 saturated carbocycles. The summed E-state index contributed by atoms with van der Waals surface area (Å²) in [4.78, 5) is 12.1. The van der Waals surface area contributed by atoms with Crippen LogP contribution in [-0.2, 0) is 6.42 Å². The first kappa shape index (κ1) is 15.0. The quantitative estimate of drug-likeness (QED) is 0.626. The van der Waals surface area contributed by atoms with Crippen molar-refractivity contribution in [2.45, 2.75) is 12.8 Å². The minimum Gasteiger partial charge on any atom is -0.405 e. The molecule has 0 amide bonds. The number of hydrogen-bond acceptors (Lipinski definition) is 2. The molecule has 0 unspecified atom stereocenters. The van der Waals surface area contributed by atoms with Crippen LogP contribution >= 0.6 is 0 Å². The fraction of sp³-hybridized carbons (Fsp3) is 0.133. The van der Waals surface area contributed by atoms with Crippen LogP contribution in [0.25, 0.3) is 0 Å². The van der Waals surface area contributed by atoms with Crippen LogP contribution in [-0.4, -0.2) is 12.1 Å². The first-order valence-corrected chi connectivity index (χ1v) is 5.97. The van der Waals surface area contributed by atoms with Crippen molar-refractivity contribution in [1.82, 2.24) is 0 Å². The number of para-hydroxylation sites is 1. The summed E-state index contributed by atoms with van der Waals surface area (Å²) in [6.07, 6.45) is -5.01. The molecule has 2 aromatic rings. The van der Waals surface area contributed by atoms with Crippen molar-refractivity contribution >= 4 is 5.78 Å². The molecule has 6 heteroatoms. The Bertz CT molecular complexity index is 633. The second-order valence-corrected chi connectivity index (χ2v) is 4.27. The summed E-state index contributed by atoms with van der Waals surface area (Å²) in [6.45, 7) is 0. The van der Waals surface area contributed by atoms with E-state index in [1.165, 1.54) is 42.5 Å². The van der Waals surface area contributed by atoms with Gasteiger partial charge >= 0.3 is 6.36 Å². The van der Waals surface area contributed by atoms with Gasteiger partial charge in [0.15, 0.2) is 5.78 Å². The summed E-state index contributed by atoms with van der Waals surface area (Å²) in [5.74, 6) is -1.54. The highest BCUT2D eigenvalue weighted by atomic mass is 19.4. The number of rotatable bonds is 4. The largest absolute Gasteiger partial charge is 0.573 e. The molecule has 21 heavy (non-hydrogen) atoms. The smallest absolute Gasteiger partial charge is 0.405 e. The normalized spacial score (nSPS) is 11.2. The molecule has 0 bridgehead atoms. The zero-order valence-corrected chi connectivity index (χ0v) is 10.7. The predicted octanol–water partition coefficient (Wildman–Crippen LogP) is 4.15. The standard InChI is InChI=1S/C15H10F4O2/c16-11-7-5-10(6-8-11)9-13(20)12-3-1-2-4-14(12)21-15(17,18)19/h1-8H,9H2. The molecule has 0 heterocycles. The van der Waals surface area contributed by atoms with E-state index in [-0.39, 0.29) is 12.0 Å². The Balaban J connectivity index is 2.21. The molecule has 2 nitrogen and oxygen atoms in total. The van der Waals surface area contributed by atoms with Gasteiger partial charge in [0.2, 0.25) is 0 Å². The SMILES string of the molecule is O=C(Cc1ccc(F)cc1)c1ccccc1OC(F)(F)F. The van der Waals surface area contributed by atoms with E-state index in [0.29, 0.717) is 5.56 Å². The first-order chi connectivity index (χ1) is 9.85. The van der Waals surface area contributed by atoms with Gasteiger partial charge in [-0.2, -0.15) is 0 Å². The van der Waals surface area contributed by atoms with E-state index < -0.39 is 23.7 Å². The van der Waals surface area contributed by atoms with Gasteiger partial charge in [-0.05, 0) is 29.8 Å². The summed E-state index contributed by atoms with van der Waals surface area (Å²) in [5, 5.41) is 0. The number of benzene rings is 2. The lowest BCUT2D eigenvalue weighted by Gasteiger charge is -2.12. The molecule has 0 aromatic heterocycles. The molecule has 110 valence electrons. The first-order valence-electron chi connectivity index (χ1n) is 5.97. The number of halogens is 4. The molecular formula is C15H10F4O2. The third-order valence-corrected chi connectivity index (χ3v) is 2.69. The van der Waals surface area contributed by atoms with E-state index in [1.807, 2.05) is 0 Å². The number of carbonyl (C=O) groups excluding carboxylic acids is 1. The van der Waals surface area contributed by atoms with Crippen LogP contribution in [0.1, 0.15) is 15.9 Å². The second kappa shape index (κ2) is 5.95. The van der Waals surface area contributed by atoms with Crippen molar-refractivity contribution in [3.05, 3.63) is 65.5 Å².